The van der Waals surface area contributed by atoms with Crippen molar-refractivity contribution >= 4 is 17.7 Å². The SMILES string of the molecule is CCCOCCCNC(=O)C1CSCN1. The number of hydrogen-bond acceptors (Lipinski definition) is 4. The molecule has 0 saturated carbocycles. The Kier molecular flexibility index (Phi) is 6.80. The summed E-state index contributed by atoms with van der Waals surface area (Å²) in [5, 5.41) is 6.04. The molecule has 1 rings (SSSR count). The fourth-order valence-electron chi connectivity index (χ4n) is 1.32. The van der Waals surface area contributed by atoms with E-state index in [1.807, 2.05) is 0 Å². The summed E-state index contributed by atoms with van der Waals surface area (Å²) in [5.41, 5.74) is 0. The molecule has 0 aromatic heterocycles. The molecule has 0 aromatic rings. The Labute approximate surface area is 95.5 Å². The minimum Gasteiger partial charge on any atom is -0.381 e. The van der Waals surface area contributed by atoms with E-state index in [0.717, 1.165) is 37.7 Å². The van der Waals surface area contributed by atoms with Gasteiger partial charge in [-0.05, 0) is 12.8 Å². The number of ether oxygens (including phenoxy) is 1. The van der Waals surface area contributed by atoms with Crippen LogP contribution in [0.3, 0.4) is 0 Å². The van der Waals surface area contributed by atoms with E-state index in [0.29, 0.717) is 6.54 Å². The van der Waals surface area contributed by atoms with Crippen LogP contribution in [0.15, 0.2) is 0 Å². The van der Waals surface area contributed by atoms with Crippen molar-refractivity contribution in [2.75, 3.05) is 31.4 Å². The summed E-state index contributed by atoms with van der Waals surface area (Å²) in [6.07, 6.45) is 1.95. The molecule has 4 nitrogen and oxygen atoms in total. The first-order valence-electron chi connectivity index (χ1n) is 5.51. The van der Waals surface area contributed by atoms with E-state index in [2.05, 4.69) is 17.6 Å². The lowest BCUT2D eigenvalue weighted by molar-refractivity contribution is -0.122. The Bertz CT molecular complexity index is 184. The van der Waals surface area contributed by atoms with Crippen LogP contribution in [0, 0.1) is 0 Å². The van der Waals surface area contributed by atoms with E-state index in [4.69, 9.17) is 4.74 Å². The van der Waals surface area contributed by atoms with E-state index in [9.17, 15) is 4.79 Å². The molecule has 5 heteroatoms. The molecule has 1 saturated heterocycles. The molecule has 2 N–H and O–H groups in total. The van der Waals surface area contributed by atoms with Gasteiger partial charge in [-0.2, -0.15) is 0 Å². The van der Waals surface area contributed by atoms with Gasteiger partial charge in [0.25, 0.3) is 0 Å². The minimum atomic E-state index is 0.00607. The molecule has 0 aromatic carbocycles. The third kappa shape index (κ3) is 5.39. The second-order valence-electron chi connectivity index (χ2n) is 3.53. The Morgan fingerprint density at radius 3 is 3.13 bits per heavy atom. The standard InChI is InChI=1S/C10H20N2O2S/c1-2-5-14-6-3-4-11-10(13)9-7-15-8-12-9/h9,12H,2-8H2,1H3,(H,11,13). The molecular formula is C10H20N2O2S. The highest BCUT2D eigenvalue weighted by atomic mass is 32.2. The predicted molar refractivity (Wildman–Crippen MR) is 63.0 cm³/mol. The Morgan fingerprint density at radius 2 is 2.47 bits per heavy atom. The van der Waals surface area contributed by atoms with Gasteiger partial charge in [-0.3, -0.25) is 10.1 Å². The third-order valence-corrected chi connectivity index (χ3v) is 3.09. The zero-order chi connectivity index (χ0) is 10.9. The van der Waals surface area contributed by atoms with Crippen molar-refractivity contribution in [3.63, 3.8) is 0 Å². The second-order valence-corrected chi connectivity index (χ2v) is 4.56. The van der Waals surface area contributed by atoms with Crippen molar-refractivity contribution in [3.05, 3.63) is 0 Å². The van der Waals surface area contributed by atoms with Gasteiger partial charge in [0.2, 0.25) is 5.91 Å². The molecule has 1 atom stereocenters. The van der Waals surface area contributed by atoms with Gasteiger partial charge in [-0.15, -0.1) is 11.8 Å². The Hall–Kier alpha value is -0.260. The maximum atomic E-state index is 11.5. The summed E-state index contributed by atoms with van der Waals surface area (Å²) in [6.45, 7) is 4.35. The lowest BCUT2D eigenvalue weighted by atomic mass is 10.3. The van der Waals surface area contributed by atoms with Crippen LogP contribution >= 0.6 is 11.8 Å². The number of thioether (sulfide) groups is 1. The van der Waals surface area contributed by atoms with Crippen LogP contribution in [-0.2, 0) is 9.53 Å². The van der Waals surface area contributed by atoms with Crippen LogP contribution in [0.4, 0.5) is 0 Å². The fraction of sp³-hybridized carbons (Fsp3) is 0.900. The first-order chi connectivity index (χ1) is 7.34. The average molecular weight is 232 g/mol. The van der Waals surface area contributed by atoms with Gasteiger partial charge in [0.15, 0.2) is 0 Å². The second kappa shape index (κ2) is 7.96. The highest BCUT2D eigenvalue weighted by molar-refractivity contribution is 7.99. The number of carbonyl (C=O) groups is 1. The normalized spacial score (nSPS) is 20.5. The maximum absolute atomic E-state index is 11.5. The van der Waals surface area contributed by atoms with Crippen molar-refractivity contribution in [1.82, 2.24) is 10.6 Å². The van der Waals surface area contributed by atoms with Crippen LogP contribution in [0.5, 0.6) is 0 Å². The highest BCUT2D eigenvalue weighted by Gasteiger charge is 2.21. The summed E-state index contributed by atoms with van der Waals surface area (Å²) < 4.78 is 5.32. The van der Waals surface area contributed by atoms with Gasteiger partial charge in [0.1, 0.15) is 0 Å². The number of hydrogen-bond donors (Lipinski definition) is 2. The van der Waals surface area contributed by atoms with Crippen LogP contribution in [0.1, 0.15) is 19.8 Å². The largest absolute Gasteiger partial charge is 0.381 e. The number of amides is 1. The summed E-state index contributed by atoms with van der Waals surface area (Å²) in [7, 11) is 0. The summed E-state index contributed by atoms with van der Waals surface area (Å²) in [5.74, 6) is 1.89. The summed E-state index contributed by atoms with van der Waals surface area (Å²) in [6, 6.07) is 0.00607. The fourth-order valence-corrected chi connectivity index (χ4v) is 2.26. The molecule has 1 aliphatic rings. The lowest BCUT2D eigenvalue weighted by Gasteiger charge is -2.10. The molecule has 0 radical (unpaired) electrons. The van der Waals surface area contributed by atoms with Gasteiger partial charge in [0, 0.05) is 31.4 Å². The monoisotopic (exact) mass is 232 g/mol. The molecule has 0 spiro atoms. The predicted octanol–water partition coefficient (Wildman–Crippen LogP) is 0.582. The van der Waals surface area contributed by atoms with Crippen molar-refractivity contribution in [2.45, 2.75) is 25.8 Å². The molecule has 0 aliphatic carbocycles. The molecule has 1 amide bonds. The summed E-state index contributed by atoms with van der Waals surface area (Å²) in [4.78, 5) is 11.5. The first kappa shape index (κ1) is 12.8. The van der Waals surface area contributed by atoms with Crippen LogP contribution in [0.2, 0.25) is 0 Å². The molecular weight excluding hydrogens is 212 g/mol. The Morgan fingerprint density at radius 1 is 1.60 bits per heavy atom. The van der Waals surface area contributed by atoms with Crippen molar-refractivity contribution in [3.8, 4) is 0 Å². The smallest absolute Gasteiger partial charge is 0.238 e. The summed E-state index contributed by atoms with van der Waals surface area (Å²) >= 11 is 1.76. The van der Waals surface area contributed by atoms with Gasteiger partial charge >= 0.3 is 0 Å². The Balaban J connectivity index is 1.92. The van der Waals surface area contributed by atoms with Gasteiger partial charge in [-0.1, -0.05) is 6.92 Å². The van der Waals surface area contributed by atoms with E-state index in [-0.39, 0.29) is 11.9 Å². The minimum absolute atomic E-state index is 0.00607. The topological polar surface area (TPSA) is 50.4 Å². The van der Waals surface area contributed by atoms with Gasteiger partial charge in [0.05, 0.1) is 6.04 Å². The molecule has 0 bridgehead atoms. The molecule has 15 heavy (non-hydrogen) atoms. The van der Waals surface area contributed by atoms with Crippen LogP contribution in [0.25, 0.3) is 0 Å². The number of carbonyl (C=O) groups excluding carboxylic acids is 1. The van der Waals surface area contributed by atoms with Crippen molar-refractivity contribution in [1.29, 1.82) is 0 Å². The van der Waals surface area contributed by atoms with E-state index >= 15 is 0 Å². The first-order valence-corrected chi connectivity index (χ1v) is 6.66. The third-order valence-electron chi connectivity index (χ3n) is 2.15. The van der Waals surface area contributed by atoms with Crippen LogP contribution in [-0.4, -0.2) is 43.3 Å². The maximum Gasteiger partial charge on any atom is 0.238 e. The quantitative estimate of drug-likeness (QED) is 0.631. The molecule has 1 aliphatic heterocycles. The highest BCUT2D eigenvalue weighted by Crippen LogP contribution is 2.08. The average Bonchev–Trinajstić information content (AvgIpc) is 2.76. The molecule has 1 unspecified atom stereocenters. The molecule has 1 fully saturated rings. The number of nitrogens with one attached hydrogen (secondary N) is 2. The molecule has 1 heterocycles. The van der Waals surface area contributed by atoms with Crippen LogP contribution < -0.4 is 10.6 Å². The van der Waals surface area contributed by atoms with E-state index < -0.39 is 0 Å². The van der Waals surface area contributed by atoms with Crippen molar-refractivity contribution < 1.29 is 9.53 Å². The molecule has 88 valence electrons. The van der Waals surface area contributed by atoms with E-state index in [1.54, 1.807) is 11.8 Å². The lowest BCUT2D eigenvalue weighted by Crippen LogP contribution is -2.42. The zero-order valence-electron chi connectivity index (χ0n) is 9.25. The van der Waals surface area contributed by atoms with Gasteiger partial charge in [-0.25, -0.2) is 0 Å². The van der Waals surface area contributed by atoms with Crippen molar-refractivity contribution in [2.24, 2.45) is 0 Å². The number of rotatable bonds is 7. The van der Waals surface area contributed by atoms with Gasteiger partial charge < -0.3 is 10.1 Å². The zero-order valence-corrected chi connectivity index (χ0v) is 10.1. The van der Waals surface area contributed by atoms with E-state index in [1.165, 1.54) is 0 Å².